The van der Waals surface area contributed by atoms with Gasteiger partial charge >= 0.3 is 0 Å². The molecule has 0 aliphatic carbocycles. The highest BCUT2D eigenvalue weighted by Gasteiger charge is 2.08. The Bertz CT molecular complexity index is 214. The first-order valence-corrected chi connectivity index (χ1v) is 11.4. The second-order valence-electron chi connectivity index (χ2n) is 7.05. The number of thioether (sulfide) groups is 1. The molecule has 0 N–H and O–H groups in total. The van der Waals surface area contributed by atoms with E-state index in [-0.39, 0.29) is 0 Å². The van der Waals surface area contributed by atoms with Gasteiger partial charge < -0.3 is 4.90 Å². The fourth-order valence-electron chi connectivity index (χ4n) is 3.35. The van der Waals surface area contributed by atoms with Gasteiger partial charge in [-0.15, -0.1) is 0 Å². The quantitative estimate of drug-likeness (QED) is 0.315. The average Bonchev–Trinajstić information content (AvgIpc) is 2.56. The molecule has 1 rings (SSSR count). The van der Waals surface area contributed by atoms with Crippen molar-refractivity contribution in [3.8, 4) is 0 Å². The molecule has 0 aromatic heterocycles. The van der Waals surface area contributed by atoms with Crippen molar-refractivity contribution in [1.82, 2.24) is 4.90 Å². The van der Waals surface area contributed by atoms with Crippen molar-refractivity contribution in [2.45, 2.75) is 96.8 Å². The zero-order chi connectivity index (χ0) is 15.7. The molecule has 0 aromatic rings. The molecule has 0 amide bonds. The number of unbranched alkanes of at least 4 members (excludes halogenated alkanes) is 13. The van der Waals surface area contributed by atoms with Gasteiger partial charge in [-0.3, -0.25) is 0 Å². The van der Waals surface area contributed by atoms with E-state index in [0.29, 0.717) is 0 Å². The van der Waals surface area contributed by atoms with Crippen molar-refractivity contribution in [3.05, 3.63) is 0 Å². The van der Waals surface area contributed by atoms with Gasteiger partial charge in [-0.1, -0.05) is 90.4 Å². The monoisotopic (exact) mass is 327 g/mol. The lowest BCUT2D eigenvalue weighted by molar-refractivity contribution is 0.294. The molecule has 0 saturated carbocycles. The number of nitrogens with zero attached hydrogens (tertiary/aromatic N) is 1. The van der Waals surface area contributed by atoms with Crippen molar-refractivity contribution < 1.29 is 0 Å². The van der Waals surface area contributed by atoms with Gasteiger partial charge in [-0.25, -0.2) is 0 Å². The topological polar surface area (TPSA) is 3.24 Å². The third-order valence-electron chi connectivity index (χ3n) is 4.93. The normalized spacial score (nSPS) is 16.2. The summed E-state index contributed by atoms with van der Waals surface area (Å²) in [5.41, 5.74) is 0. The molecular weight excluding hydrogens is 286 g/mol. The van der Waals surface area contributed by atoms with Crippen LogP contribution in [0.3, 0.4) is 0 Å². The van der Waals surface area contributed by atoms with Crippen LogP contribution in [0.1, 0.15) is 96.8 Å². The van der Waals surface area contributed by atoms with Gasteiger partial charge in [-0.05, 0) is 13.0 Å². The highest BCUT2D eigenvalue weighted by atomic mass is 32.2. The maximum Gasteiger partial charge on any atom is 0.00727 e. The van der Waals surface area contributed by atoms with E-state index in [4.69, 9.17) is 0 Å². The van der Waals surface area contributed by atoms with Gasteiger partial charge in [0.15, 0.2) is 0 Å². The predicted octanol–water partition coefficient (Wildman–Crippen LogP) is 6.52. The van der Waals surface area contributed by atoms with Crippen molar-refractivity contribution in [2.24, 2.45) is 0 Å². The van der Waals surface area contributed by atoms with E-state index in [9.17, 15) is 0 Å². The van der Waals surface area contributed by atoms with Crippen LogP contribution in [0.15, 0.2) is 0 Å². The van der Waals surface area contributed by atoms with Gasteiger partial charge in [0.2, 0.25) is 0 Å². The molecule has 1 nitrogen and oxygen atoms in total. The summed E-state index contributed by atoms with van der Waals surface area (Å²) >= 11 is 2.12. The molecule has 1 aliphatic heterocycles. The van der Waals surface area contributed by atoms with Crippen LogP contribution < -0.4 is 0 Å². The number of hydrogen-bond acceptors (Lipinski definition) is 2. The van der Waals surface area contributed by atoms with Crippen LogP contribution in [0.2, 0.25) is 0 Å². The number of rotatable bonds is 15. The van der Waals surface area contributed by atoms with Crippen LogP contribution in [0, 0.1) is 0 Å². The Morgan fingerprint density at radius 3 is 1.45 bits per heavy atom. The summed E-state index contributed by atoms with van der Waals surface area (Å²) in [6, 6.07) is 0. The fraction of sp³-hybridized carbons (Fsp3) is 1.00. The first-order valence-electron chi connectivity index (χ1n) is 10.2. The Hall–Kier alpha value is 0.310. The zero-order valence-electron chi connectivity index (χ0n) is 15.3. The van der Waals surface area contributed by atoms with E-state index in [0.717, 1.165) is 0 Å². The molecule has 22 heavy (non-hydrogen) atoms. The Labute approximate surface area is 145 Å². The Kier molecular flexibility index (Phi) is 15.0. The van der Waals surface area contributed by atoms with E-state index < -0.39 is 0 Å². The highest BCUT2D eigenvalue weighted by molar-refractivity contribution is 7.99. The number of hydrogen-bond donors (Lipinski definition) is 0. The van der Waals surface area contributed by atoms with Crippen LogP contribution in [0.5, 0.6) is 0 Å². The predicted molar refractivity (Wildman–Crippen MR) is 104 cm³/mol. The van der Waals surface area contributed by atoms with Crippen molar-refractivity contribution in [3.63, 3.8) is 0 Å². The molecule has 1 aliphatic rings. The summed E-state index contributed by atoms with van der Waals surface area (Å²) in [6.45, 7) is 6.33. The third-order valence-corrected chi connectivity index (χ3v) is 5.87. The van der Waals surface area contributed by atoms with Gasteiger partial charge in [0.25, 0.3) is 0 Å². The van der Waals surface area contributed by atoms with Crippen LogP contribution in [-0.4, -0.2) is 36.0 Å². The van der Waals surface area contributed by atoms with Crippen LogP contribution in [0.25, 0.3) is 0 Å². The summed E-state index contributed by atoms with van der Waals surface area (Å²) in [5, 5.41) is 0. The summed E-state index contributed by atoms with van der Waals surface area (Å²) in [4.78, 5) is 2.66. The molecule has 1 saturated heterocycles. The smallest absolute Gasteiger partial charge is 0.00727 e. The minimum absolute atomic E-state index is 1.34. The molecular formula is C20H41NS. The molecule has 1 heterocycles. The van der Waals surface area contributed by atoms with Gasteiger partial charge in [-0.2, -0.15) is 11.8 Å². The van der Waals surface area contributed by atoms with Crippen molar-refractivity contribution in [1.29, 1.82) is 0 Å². The van der Waals surface area contributed by atoms with Gasteiger partial charge in [0.1, 0.15) is 0 Å². The largest absolute Gasteiger partial charge is 0.302 e. The maximum atomic E-state index is 2.66. The first-order chi connectivity index (χ1) is 10.9. The van der Waals surface area contributed by atoms with Gasteiger partial charge in [0.05, 0.1) is 0 Å². The lowest BCUT2D eigenvalue weighted by Crippen LogP contribution is -2.33. The first kappa shape index (κ1) is 20.4. The van der Waals surface area contributed by atoms with E-state index in [1.165, 1.54) is 121 Å². The fourth-order valence-corrected chi connectivity index (χ4v) is 4.33. The highest BCUT2D eigenvalue weighted by Crippen LogP contribution is 2.14. The second-order valence-corrected chi connectivity index (χ2v) is 8.27. The Morgan fingerprint density at radius 2 is 1.00 bits per heavy atom. The molecule has 2 heteroatoms. The average molecular weight is 328 g/mol. The van der Waals surface area contributed by atoms with Crippen LogP contribution in [0.4, 0.5) is 0 Å². The molecule has 0 spiro atoms. The van der Waals surface area contributed by atoms with E-state index >= 15 is 0 Å². The molecule has 0 unspecified atom stereocenters. The summed E-state index contributed by atoms with van der Waals surface area (Å²) in [7, 11) is 0. The lowest BCUT2D eigenvalue weighted by Gasteiger charge is -2.25. The molecule has 1 fully saturated rings. The minimum atomic E-state index is 1.34. The SMILES string of the molecule is CCCCCCCCCCCCCCCCN1CCSCC1. The molecule has 132 valence electrons. The molecule has 0 radical (unpaired) electrons. The molecule has 0 atom stereocenters. The second kappa shape index (κ2) is 16.2. The summed E-state index contributed by atoms with van der Waals surface area (Å²) in [5.74, 6) is 2.72. The van der Waals surface area contributed by atoms with Crippen LogP contribution in [-0.2, 0) is 0 Å². The van der Waals surface area contributed by atoms with E-state index in [1.807, 2.05) is 0 Å². The Balaban J connectivity index is 1.68. The third kappa shape index (κ3) is 12.8. The standard InChI is InChI=1S/C20H41NS/c1-2-3-4-5-6-7-8-9-10-11-12-13-14-15-16-21-17-19-22-20-18-21/h2-20H2,1H3. The van der Waals surface area contributed by atoms with Crippen LogP contribution >= 0.6 is 11.8 Å². The summed E-state index contributed by atoms with van der Waals surface area (Å²) in [6.07, 6.45) is 20.5. The Morgan fingerprint density at radius 1 is 0.591 bits per heavy atom. The zero-order valence-corrected chi connectivity index (χ0v) is 16.1. The minimum Gasteiger partial charge on any atom is -0.302 e. The molecule has 0 aromatic carbocycles. The maximum absolute atomic E-state index is 2.66. The van der Waals surface area contributed by atoms with E-state index in [2.05, 4.69) is 23.6 Å². The molecule has 0 bridgehead atoms. The van der Waals surface area contributed by atoms with E-state index in [1.54, 1.807) is 0 Å². The van der Waals surface area contributed by atoms with Gasteiger partial charge in [0, 0.05) is 24.6 Å². The summed E-state index contributed by atoms with van der Waals surface area (Å²) < 4.78 is 0. The lowest BCUT2D eigenvalue weighted by atomic mass is 10.0. The van der Waals surface area contributed by atoms with Crippen molar-refractivity contribution >= 4 is 11.8 Å². The van der Waals surface area contributed by atoms with Crippen molar-refractivity contribution in [2.75, 3.05) is 31.1 Å².